The molecule has 232 valence electrons. The molecule has 0 amide bonds. The van der Waals surface area contributed by atoms with Gasteiger partial charge in [0.1, 0.15) is 0 Å². The molecule has 0 nitrogen and oxygen atoms in total. The minimum atomic E-state index is -0.0544. The third-order valence-electron chi connectivity index (χ3n) is 12.5. The van der Waals surface area contributed by atoms with Gasteiger partial charge in [-0.25, -0.2) is 0 Å². The molecule has 5 aliphatic carbocycles. The fourth-order valence-corrected chi connectivity index (χ4v) is 9.94. The van der Waals surface area contributed by atoms with Crippen molar-refractivity contribution in [2.45, 2.75) is 44.4 Å². The number of allylic oxidation sites excluding steroid dienone is 12. The molecule has 5 aromatic rings. The van der Waals surface area contributed by atoms with E-state index in [9.17, 15) is 0 Å². The van der Waals surface area contributed by atoms with Crippen LogP contribution in [0.1, 0.15) is 61.4 Å². The van der Waals surface area contributed by atoms with E-state index in [-0.39, 0.29) is 10.8 Å². The van der Waals surface area contributed by atoms with Gasteiger partial charge < -0.3 is 0 Å². The van der Waals surface area contributed by atoms with Crippen molar-refractivity contribution in [3.05, 3.63) is 179 Å². The second-order valence-corrected chi connectivity index (χ2v) is 15.7. The molecule has 10 rings (SSSR count). The first-order valence-corrected chi connectivity index (χ1v) is 17.7. The second-order valence-electron chi connectivity index (χ2n) is 15.7. The van der Waals surface area contributed by atoms with Gasteiger partial charge in [0.05, 0.1) is 0 Å². The Morgan fingerprint density at radius 2 is 1.31 bits per heavy atom. The third-order valence-corrected chi connectivity index (χ3v) is 12.5. The number of rotatable bonds is 2. The van der Waals surface area contributed by atoms with Crippen LogP contribution in [0.15, 0.2) is 151 Å². The molecule has 0 radical (unpaired) electrons. The molecule has 0 heterocycles. The highest BCUT2D eigenvalue weighted by molar-refractivity contribution is 6.08. The summed E-state index contributed by atoms with van der Waals surface area (Å²) in [5.41, 5.74) is 14.2. The lowest BCUT2D eigenvalue weighted by Gasteiger charge is -2.31. The summed E-state index contributed by atoms with van der Waals surface area (Å²) in [5.74, 6) is 1.76. The van der Waals surface area contributed by atoms with Crippen LogP contribution >= 0.6 is 0 Å². The fraction of sp³-hybridized carbons (Fsp3) is 0.208. The molecule has 4 atom stereocenters. The minimum absolute atomic E-state index is 0.0544. The Hall–Kier alpha value is -4.94. The van der Waals surface area contributed by atoms with Gasteiger partial charge in [0, 0.05) is 23.2 Å². The van der Waals surface area contributed by atoms with Crippen molar-refractivity contribution < 1.29 is 0 Å². The summed E-state index contributed by atoms with van der Waals surface area (Å²) < 4.78 is 0. The quantitative estimate of drug-likeness (QED) is 0.185. The Kier molecular flexibility index (Phi) is 5.74. The molecule has 0 saturated heterocycles. The highest BCUT2D eigenvalue weighted by atomic mass is 14.5. The summed E-state index contributed by atoms with van der Waals surface area (Å²) >= 11 is 0. The number of fused-ring (bicyclic) bond motifs is 10. The standard InChI is InChI=1S/C48H40/c1-47(2)41-16-10-9-14-37(41)38-23-21-33(27-43(38)47)31-17-18-32-26-34(20-19-30(32)25-31)40-28-44-46(39-15-8-7-13-36(39)40)45-35-12-6-5-11-29(35)22-24-42(45)48(44,3)4/h5-29,35,38,43H,1-4H3. The molecule has 0 fully saturated rings. The van der Waals surface area contributed by atoms with Crippen LogP contribution in [0.3, 0.4) is 0 Å². The highest BCUT2D eigenvalue weighted by Gasteiger charge is 2.45. The molecule has 48 heavy (non-hydrogen) atoms. The average Bonchev–Trinajstić information content (AvgIpc) is 3.50. The highest BCUT2D eigenvalue weighted by Crippen LogP contribution is 2.57. The van der Waals surface area contributed by atoms with E-state index in [0.29, 0.717) is 23.7 Å². The summed E-state index contributed by atoms with van der Waals surface area (Å²) in [5, 5.41) is 5.29. The predicted molar refractivity (Wildman–Crippen MR) is 204 cm³/mol. The van der Waals surface area contributed by atoms with Gasteiger partial charge >= 0.3 is 0 Å². The zero-order chi connectivity index (χ0) is 32.4. The van der Waals surface area contributed by atoms with Crippen LogP contribution in [0, 0.1) is 17.8 Å². The van der Waals surface area contributed by atoms with Crippen LogP contribution in [0.4, 0.5) is 0 Å². The molecule has 5 aliphatic rings. The summed E-state index contributed by atoms with van der Waals surface area (Å²) in [6, 6.07) is 34.8. The molecule has 0 N–H and O–H groups in total. The minimum Gasteiger partial charge on any atom is -0.0767 e. The van der Waals surface area contributed by atoms with Crippen molar-refractivity contribution in [1.82, 2.24) is 0 Å². The van der Waals surface area contributed by atoms with E-state index in [4.69, 9.17) is 0 Å². The van der Waals surface area contributed by atoms with E-state index in [1.54, 1.807) is 0 Å². The molecular formula is C48H40. The molecule has 0 bridgehead atoms. The fourth-order valence-electron chi connectivity index (χ4n) is 9.94. The lowest BCUT2D eigenvalue weighted by molar-refractivity contribution is 0.395. The third kappa shape index (κ3) is 3.78. The van der Waals surface area contributed by atoms with Crippen molar-refractivity contribution in [2.24, 2.45) is 17.8 Å². The normalized spacial score (nSPS) is 25.1. The largest absolute Gasteiger partial charge is 0.0767 e. The van der Waals surface area contributed by atoms with Gasteiger partial charge in [-0.2, -0.15) is 0 Å². The lowest BCUT2D eigenvalue weighted by Crippen LogP contribution is -2.25. The topological polar surface area (TPSA) is 0 Å². The van der Waals surface area contributed by atoms with E-state index >= 15 is 0 Å². The maximum Gasteiger partial charge on any atom is 0.0156 e. The molecule has 5 aromatic carbocycles. The number of hydrogen-bond acceptors (Lipinski definition) is 0. The van der Waals surface area contributed by atoms with Crippen molar-refractivity contribution in [1.29, 1.82) is 0 Å². The monoisotopic (exact) mass is 616 g/mol. The summed E-state index contributed by atoms with van der Waals surface area (Å²) in [6.07, 6.45) is 21.4. The van der Waals surface area contributed by atoms with Crippen LogP contribution in [-0.2, 0) is 10.8 Å². The van der Waals surface area contributed by atoms with Crippen molar-refractivity contribution in [3.63, 3.8) is 0 Å². The molecular weight excluding hydrogens is 577 g/mol. The van der Waals surface area contributed by atoms with E-state index in [2.05, 4.69) is 173 Å². The lowest BCUT2D eigenvalue weighted by atomic mass is 9.73. The maximum absolute atomic E-state index is 2.54. The number of hydrogen-bond donors (Lipinski definition) is 0. The first-order valence-electron chi connectivity index (χ1n) is 17.7. The van der Waals surface area contributed by atoms with E-state index in [1.165, 1.54) is 77.2 Å². The Labute approximate surface area is 284 Å². The first-order chi connectivity index (χ1) is 23.3. The average molecular weight is 617 g/mol. The molecule has 4 unspecified atom stereocenters. The molecule has 0 aliphatic heterocycles. The molecule has 0 saturated carbocycles. The van der Waals surface area contributed by atoms with Crippen LogP contribution in [0.5, 0.6) is 0 Å². The zero-order valence-corrected chi connectivity index (χ0v) is 28.2. The smallest absolute Gasteiger partial charge is 0.0156 e. The van der Waals surface area contributed by atoms with E-state index in [1.807, 2.05) is 0 Å². The Bertz CT molecular complexity index is 2410. The zero-order valence-electron chi connectivity index (χ0n) is 28.2. The van der Waals surface area contributed by atoms with Crippen molar-refractivity contribution >= 4 is 32.7 Å². The van der Waals surface area contributed by atoms with Crippen LogP contribution in [0.2, 0.25) is 0 Å². The van der Waals surface area contributed by atoms with Gasteiger partial charge in [-0.3, -0.25) is 0 Å². The van der Waals surface area contributed by atoms with Crippen LogP contribution in [-0.4, -0.2) is 0 Å². The Balaban J connectivity index is 1.06. The molecule has 0 aromatic heterocycles. The van der Waals surface area contributed by atoms with E-state index < -0.39 is 0 Å². The van der Waals surface area contributed by atoms with Crippen LogP contribution < -0.4 is 0 Å². The van der Waals surface area contributed by atoms with Gasteiger partial charge in [-0.05, 0) is 107 Å². The van der Waals surface area contributed by atoms with Gasteiger partial charge in [0.25, 0.3) is 0 Å². The number of benzene rings is 5. The van der Waals surface area contributed by atoms with Crippen LogP contribution in [0.25, 0.3) is 43.8 Å². The maximum atomic E-state index is 2.54. The molecule has 0 spiro atoms. The Morgan fingerprint density at radius 1 is 0.583 bits per heavy atom. The van der Waals surface area contributed by atoms with Gasteiger partial charge in [0.15, 0.2) is 0 Å². The SMILES string of the molecule is CC1(C)C2=C(c3c1cc(-c1ccc4cc(C5=CC6C(C=C5)c5ccccc5C6(C)C)ccc4c1)c1ccccc31)C1C=CC=CC1C=C2. The summed E-state index contributed by atoms with van der Waals surface area (Å²) in [7, 11) is 0. The Morgan fingerprint density at radius 3 is 2.17 bits per heavy atom. The summed E-state index contributed by atoms with van der Waals surface area (Å²) in [4.78, 5) is 0. The molecule has 0 heteroatoms. The van der Waals surface area contributed by atoms with Gasteiger partial charge in [-0.15, -0.1) is 0 Å². The predicted octanol–water partition coefficient (Wildman–Crippen LogP) is 12.3. The van der Waals surface area contributed by atoms with E-state index in [0.717, 1.165) is 0 Å². The van der Waals surface area contributed by atoms with Gasteiger partial charge in [-0.1, -0.05) is 155 Å². The van der Waals surface area contributed by atoms with Crippen molar-refractivity contribution in [2.75, 3.05) is 0 Å². The second kappa shape index (κ2) is 9.80. The van der Waals surface area contributed by atoms with Crippen molar-refractivity contribution in [3.8, 4) is 11.1 Å². The van der Waals surface area contributed by atoms with Gasteiger partial charge in [0.2, 0.25) is 0 Å². The first kappa shape index (κ1) is 28.1. The summed E-state index contributed by atoms with van der Waals surface area (Å²) in [6.45, 7) is 9.67.